The number of hydrogen-bond donors (Lipinski definition) is 0. The minimum absolute atomic E-state index is 0.0424. The van der Waals surface area contributed by atoms with Crippen LogP contribution in [0.2, 0.25) is 12.6 Å². The van der Waals surface area contributed by atoms with E-state index >= 15 is 0 Å². The van der Waals surface area contributed by atoms with Crippen molar-refractivity contribution in [2.24, 2.45) is 0 Å². The number of nitrogens with zero attached hydrogens (tertiary/aromatic N) is 3. The summed E-state index contributed by atoms with van der Waals surface area (Å²) in [5.41, 5.74) is 0.175. The van der Waals surface area contributed by atoms with Gasteiger partial charge in [-0.2, -0.15) is 5.26 Å². The van der Waals surface area contributed by atoms with E-state index in [9.17, 15) is 5.26 Å². The van der Waals surface area contributed by atoms with Crippen LogP contribution in [-0.4, -0.2) is 30.0 Å². The molecule has 0 spiro atoms. The van der Waals surface area contributed by atoms with Crippen LogP contribution in [0.15, 0.2) is 18.3 Å². The van der Waals surface area contributed by atoms with Crippen LogP contribution in [0.25, 0.3) is 0 Å². The minimum Gasteiger partial charge on any atom is -0.399 e. The Morgan fingerprint density at radius 3 is 2.13 bits per heavy atom. The number of nitriles is 2. The molecule has 0 aliphatic carbocycles. The SMILES string of the molecule is CC1(C)OB(c2ccc(C3(C#N)CB(C#N)C3)nc2)OC1(C)C. The Morgan fingerprint density at radius 1 is 1.09 bits per heavy atom. The van der Waals surface area contributed by atoms with E-state index < -0.39 is 23.7 Å². The molecule has 0 radical (unpaired) electrons. The van der Waals surface area contributed by atoms with Gasteiger partial charge in [0.2, 0.25) is 0 Å². The van der Waals surface area contributed by atoms with Gasteiger partial charge in [-0.05, 0) is 46.4 Å². The standard InChI is InChI=1S/C16H19B2N3O2/c1-14(2)15(3,4)23-18(22-14)12-5-6-13(21-7-12)16(10-19)8-17(9-16)11-20/h5-7H,8-9H2,1-4H3. The molecule has 1 aromatic heterocycles. The molecule has 3 heterocycles. The summed E-state index contributed by atoms with van der Waals surface area (Å²) in [6.45, 7) is 8.00. The zero-order valence-corrected chi connectivity index (χ0v) is 14.0. The Hall–Kier alpha value is -1.82. The molecule has 7 heteroatoms. The summed E-state index contributed by atoms with van der Waals surface area (Å²) in [6, 6.07) is 6.10. The lowest BCUT2D eigenvalue weighted by atomic mass is 9.27. The van der Waals surface area contributed by atoms with Gasteiger partial charge in [-0.1, -0.05) is 6.07 Å². The first kappa shape index (κ1) is 16.1. The van der Waals surface area contributed by atoms with Crippen molar-refractivity contribution in [1.29, 1.82) is 10.5 Å². The molecule has 2 aliphatic rings. The first-order valence-electron chi connectivity index (χ1n) is 7.86. The Morgan fingerprint density at radius 2 is 1.70 bits per heavy atom. The van der Waals surface area contributed by atoms with E-state index in [0.717, 1.165) is 11.2 Å². The van der Waals surface area contributed by atoms with Crippen LogP contribution in [0, 0.1) is 22.6 Å². The van der Waals surface area contributed by atoms with Crippen LogP contribution in [-0.2, 0) is 14.7 Å². The van der Waals surface area contributed by atoms with Crippen LogP contribution in [0.5, 0.6) is 0 Å². The average molecular weight is 307 g/mol. The van der Waals surface area contributed by atoms with Crippen LogP contribution < -0.4 is 5.46 Å². The molecule has 0 aromatic carbocycles. The molecule has 0 saturated carbocycles. The van der Waals surface area contributed by atoms with Crippen molar-refractivity contribution >= 4 is 19.3 Å². The quantitative estimate of drug-likeness (QED) is 0.777. The molecule has 116 valence electrons. The van der Waals surface area contributed by atoms with E-state index in [1.54, 1.807) is 6.20 Å². The smallest absolute Gasteiger partial charge is 0.399 e. The highest BCUT2D eigenvalue weighted by atomic mass is 16.7. The normalized spacial score (nSPS) is 23.7. The molecule has 2 fully saturated rings. The zero-order chi connectivity index (χ0) is 16.9. The van der Waals surface area contributed by atoms with E-state index in [2.05, 4.69) is 17.0 Å². The second kappa shape index (κ2) is 5.09. The fourth-order valence-electron chi connectivity index (χ4n) is 3.04. The minimum atomic E-state index is -0.616. The Kier molecular flexibility index (Phi) is 3.55. The molecule has 23 heavy (non-hydrogen) atoms. The first-order valence-corrected chi connectivity index (χ1v) is 7.86. The fourth-order valence-corrected chi connectivity index (χ4v) is 3.04. The molecule has 0 bridgehead atoms. The van der Waals surface area contributed by atoms with Gasteiger partial charge in [-0.3, -0.25) is 4.98 Å². The number of rotatable bonds is 2. The van der Waals surface area contributed by atoms with Crippen molar-refractivity contribution in [3.63, 3.8) is 0 Å². The zero-order valence-electron chi connectivity index (χ0n) is 14.0. The van der Waals surface area contributed by atoms with E-state index in [1.165, 1.54) is 0 Å². The molecule has 0 atom stereocenters. The molecule has 2 aliphatic heterocycles. The Bertz CT molecular complexity index is 682. The van der Waals surface area contributed by atoms with Gasteiger partial charge in [0.05, 0.1) is 28.4 Å². The largest absolute Gasteiger partial charge is 0.496 e. The Labute approximate surface area is 137 Å². The van der Waals surface area contributed by atoms with E-state index in [-0.39, 0.29) is 6.71 Å². The number of aromatic nitrogens is 1. The second-order valence-corrected chi connectivity index (χ2v) is 7.49. The summed E-state index contributed by atoms with van der Waals surface area (Å²) in [5, 5.41) is 18.4. The lowest BCUT2D eigenvalue weighted by molar-refractivity contribution is 0.00578. The molecule has 3 rings (SSSR count). The molecule has 0 unspecified atom stereocenters. The van der Waals surface area contributed by atoms with Crippen LogP contribution in [0.3, 0.4) is 0 Å². The molecule has 0 amide bonds. The third-order valence-corrected chi connectivity index (χ3v) is 5.39. The predicted molar refractivity (Wildman–Crippen MR) is 88.2 cm³/mol. The van der Waals surface area contributed by atoms with E-state index in [0.29, 0.717) is 12.6 Å². The third kappa shape index (κ3) is 2.45. The third-order valence-electron chi connectivity index (χ3n) is 5.39. The van der Waals surface area contributed by atoms with Crippen LogP contribution in [0.1, 0.15) is 33.4 Å². The van der Waals surface area contributed by atoms with Gasteiger partial charge in [0.25, 0.3) is 6.71 Å². The molecular formula is C16H19B2N3O2. The number of hydrogen-bond acceptors (Lipinski definition) is 5. The highest BCUT2D eigenvalue weighted by Crippen LogP contribution is 2.43. The van der Waals surface area contributed by atoms with Crippen molar-refractivity contribution in [3.8, 4) is 12.0 Å². The van der Waals surface area contributed by atoms with Gasteiger partial charge in [-0.15, -0.1) is 0 Å². The first-order chi connectivity index (χ1) is 10.7. The molecule has 1 aromatic rings. The van der Waals surface area contributed by atoms with Gasteiger partial charge in [0.15, 0.2) is 0 Å². The van der Waals surface area contributed by atoms with Gasteiger partial charge < -0.3 is 9.31 Å². The van der Waals surface area contributed by atoms with Gasteiger partial charge in [-0.25, -0.2) is 5.26 Å². The monoisotopic (exact) mass is 307 g/mol. The fraction of sp³-hybridized carbons (Fsp3) is 0.562. The summed E-state index contributed by atoms with van der Waals surface area (Å²) < 4.78 is 12.0. The molecule has 0 N–H and O–H groups in total. The van der Waals surface area contributed by atoms with Gasteiger partial charge >= 0.3 is 7.12 Å². The van der Waals surface area contributed by atoms with Crippen molar-refractivity contribution in [3.05, 3.63) is 24.0 Å². The number of pyridine rings is 1. The second-order valence-electron chi connectivity index (χ2n) is 7.49. The summed E-state index contributed by atoms with van der Waals surface area (Å²) in [4.78, 5) is 4.46. The van der Waals surface area contributed by atoms with Crippen molar-refractivity contribution in [2.45, 2.75) is 57.0 Å². The van der Waals surface area contributed by atoms with Crippen LogP contribution >= 0.6 is 0 Å². The predicted octanol–water partition coefficient (Wildman–Crippen LogP) is 1.71. The highest BCUT2D eigenvalue weighted by molar-refractivity contribution is 6.70. The highest BCUT2D eigenvalue weighted by Gasteiger charge is 2.52. The van der Waals surface area contributed by atoms with Crippen LogP contribution in [0.4, 0.5) is 0 Å². The topological polar surface area (TPSA) is 78.9 Å². The molecule has 5 nitrogen and oxygen atoms in total. The molecular weight excluding hydrogens is 288 g/mol. The Balaban J connectivity index is 1.79. The molecule has 2 saturated heterocycles. The average Bonchev–Trinajstić information content (AvgIpc) is 2.68. The maximum absolute atomic E-state index is 9.47. The van der Waals surface area contributed by atoms with E-state index in [4.69, 9.17) is 14.6 Å². The van der Waals surface area contributed by atoms with Crippen molar-refractivity contribution < 1.29 is 9.31 Å². The maximum Gasteiger partial charge on any atom is 0.496 e. The summed E-state index contributed by atoms with van der Waals surface area (Å²) in [5.74, 6) is 2.22. The lowest BCUT2D eigenvalue weighted by Gasteiger charge is -2.36. The maximum atomic E-state index is 9.47. The van der Waals surface area contributed by atoms with Gasteiger partial charge in [0, 0.05) is 17.6 Å². The lowest BCUT2D eigenvalue weighted by Crippen LogP contribution is -2.45. The van der Waals surface area contributed by atoms with E-state index in [1.807, 2.05) is 39.8 Å². The van der Waals surface area contributed by atoms with Crippen molar-refractivity contribution in [1.82, 2.24) is 4.98 Å². The van der Waals surface area contributed by atoms with Crippen molar-refractivity contribution in [2.75, 3.05) is 0 Å². The summed E-state index contributed by atoms with van der Waals surface area (Å²) >= 11 is 0. The van der Waals surface area contributed by atoms with Gasteiger partial charge in [0.1, 0.15) is 0 Å². The summed E-state index contributed by atoms with van der Waals surface area (Å²) in [6.07, 6.45) is 2.84. The summed E-state index contributed by atoms with van der Waals surface area (Å²) in [7, 11) is -0.451.